The van der Waals surface area contributed by atoms with Gasteiger partial charge in [0.2, 0.25) is 11.8 Å². The maximum atomic E-state index is 12.9. The number of amides is 3. The van der Waals surface area contributed by atoms with Crippen LogP contribution in [0.3, 0.4) is 0 Å². The number of benzene rings is 1. The number of likely N-dealkylation sites (tertiary alicyclic amines) is 1. The van der Waals surface area contributed by atoms with Gasteiger partial charge in [-0.2, -0.15) is 0 Å². The summed E-state index contributed by atoms with van der Waals surface area (Å²) in [7, 11) is 1.69. The maximum Gasteiger partial charge on any atom is 0.329 e. The Bertz CT molecular complexity index is 1220. The van der Waals surface area contributed by atoms with Crippen LogP contribution in [-0.2, 0) is 31.0 Å². The molecule has 10 heteroatoms. The van der Waals surface area contributed by atoms with Crippen molar-refractivity contribution in [3.8, 4) is 5.69 Å². The van der Waals surface area contributed by atoms with Crippen molar-refractivity contribution in [2.75, 3.05) is 11.9 Å². The van der Waals surface area contributed by atoms with Gasteiger partial charge in [-0.1, -0.05) is 30.4 Å². The van der Waals surface area contributed by atoms with E-state index in [9.17, 15) is 24.0 Å². The second-order valence-electron chi connectivity index (χ2n) is 8.47. The summed E-state index contributed by atoms with van der Waals surface area (Å²) in [6.45, 7) is 2.43. The quantitative estimate of drug-likeness (QED) is 0.389. The molecule has 0 spiro atoms. The summed E-state index contributed by atoms with van der Waals surface area (Å²) in [5, 5.41) is 2.51. The highest BCUT2D eigenvalue weighted by atomic mass is 16.5. The predicted octanol–water partition coefficient (Wildman–Crippen LogP) is 1.31. The van der Waals surface area contributed by atoms with E-state index in [2.05, 4.69) is 5.32 Å². The van der Waals surface area contributed by atoms with Crippen molar-refractivity contribution in [1.82, 2.24) is 14.3 Å². The van der Waals surface area contributed by atoms with Crippen molar-refractivity contribution >= 4 is 29.4 Å². The third kappa shape index (κ3) is 3.95. The van der Waals surface area contributed by atoms with Gasteiger partial charge in [-0.15, -0.1) is 0 Å². The lowest BCUT2D eigenvalue weighted by atomic mass is 9.85. The van der Waals surface area contributed by atoms with Crippen LogP contribution < -0.4 is 10.9 Å². The predicted molar refractivity (Wildman–Crippen MR) is 122 cm³/mol. The lowest BCUT2D eigenvalue weighted by Gasteiger charge is -2.21. The number of carbonyl (C=O) groups excluding carboxylic acids is 4. The Morgan fingerprint density at radius 3 is 2.24 bits per heavy atom. The number of rotatable bonds is 6. The number of para-hydroxylation sites is 1. The van der Waals surface area contributed by atoms with E-state index in [1.54, 1.807) is 42.9 Å². The highest BCUT2D eigenvalue weighted by Crippen LogP contribution is 2.36. The molecule has 1 saturated heterocycles. The van der Waals surface area contributed by atoms with Gasteiger partial charge < -0.3 is 10.1 Å². The Balaban J connectivity index is 1.40. The summed E-state index contributed by atoms with van der Waals surface area (Å²) in [5.41, 5.74) is 0.798. The first-order valence-corrected chi connectivity index (χ1v) is 11.0. The number of fused-ring (bicyclic) bond motifs is 1. The van der Waals surface area contributed by atoms with Gasteiger partial charge in [0.05, 0.1) is 23.2 Å². The largest absolute Gasteiger partial charge is 0.454 e. The molecule has 0 unspecified atom stereocenters. The van der Waals surface area contributed by atoms with Gasteiger partial charge in [-0.3, -0.25) is 28.8 Å². The summed E-state index contributed by atoms with van der Waals surface area (Å²) in [5.74, 6) is -3.27. The number of ether oxygens (including phenoxy) is 1. The van der Waals surface area contributed by atoms with E-state index in [-0.39, 0.29) is 5.69 Å². The van der Waals surface area contributed by atoms with Crippen molar-refractivity contribution in [1.29, 1.82) is 0 Å². The Morgan fingerprint density at radius 1 is 1.06 bits per heavy atom. The van der Waals surface area contributed by atoms with Crippen LogP contribution in [0.5, 0.6) is 0 Å². The summed E-state index contributed by atoms with van der Waals surface area (Å²) in [4.78, 5) is 64.1. The van der Waals surface area contributed by atoms with Crippen LogP contribution in [0.1, 0.15) is 25.5 Å². The molecule has 178 valence electrons. The molecule has 2 aromatic rings. The number of nitrogens with zero attached hydrogens (tertiary/aromatic N) is 3. The van der Waals surface area contributed by atoms with Gasteiger partial charge in [0.1, 0.15) is 11.7 Å². The van der Waals surface area contributed by atoms with Gasteiger partial charge >= 0.3 is 5.97 Å². The van der Waals surface area contributed by atoms with E-state index in [1.165, 1.54) is 11.6 Å². The average molecular weight is 466 g/mol. The van der Waals surface area contributed by atoms with Gasteiger partial charge in [0, 0.05) is 7.05 Å². The van der Waals surface area contributed by atoms with Crippen LogP contribution in [0, 0.1) is 18.8 Å². The molecule has 1 N–H and O–H groups in total. The number of imide groups is 1. The van der Waals surface area contributed by atoms with Crippen LogP contribution in [-0.4, -0.2) is 50.6 Å². The molecule has 1 aliphatic carbocycles. The molecule has 1 fully saturated rings. The van der Waals surface area contributed by atoms with Crippen LogP contribution in [0.2, 0.25) is 0 Å². The maximum absolute atomic E-state index is 12.9. The molecular weight excluding hydrogens is 440 g/mol. The first kappa shape index (κ1) is 23.2. The highest BCUT2D eigenvalue weighted by molar-refractivity contribution is 6.08. The molecule has 2 aliphatic rings. The van der Waals surface area contributed by atoms with Crippen molar-refractivity contribution in [3.05, 3.63) is 58.5 Å². The zero-order chi connectivity index (χ0) is 24.6. The van der Waals surface area contributed by atoms with E-state index in [1.807, 2.05) is 18.2 Å². The number of esters is 1. The molecule has 0 radical (unpaired) electrons. The summed E-state index contributed by atoms with van der Waals surface area (Å²) >= 11 is 0. The molecule has 0 saturated carbocycles. The molecule has 0 bridgehead atoms. The van der Waals surface area contributed by atoms with E-state index in [4.69, 9.17) is 4.74 Å². The minimum absolute atomic E-state index is 0.0712. The molecule has 4 rings (SSSR count). The van der Waals surface area contributed by atoms with E-state index >= 15 is 0 Å². The monoisotopic (exact) mass is 466 g/mol. The minimum Gasteiger partial charge on any atom is -0.454 e. The molecule has 1 aromatic heterocycles. The second kappa shape index (κ2) is 9.12. The summed E-state index contributed by atoms with van der Waals surface area (Å²) < 4.78 is 8.10. The fourth-order valence-electron chi connectivity index (χ4n) is 4.46. The van der Waals surface area contributed by atoms with Crippen molar-refractivity contribution < 1.29 is 23.9 Å². The van der Waals surface area contributed by atoms with Gasteiger partial charge in [-0.05, 0) is 38.8 Å². The summed E-state index contributed by atoms with van der Waals surface area (Å²) in [6, 6.07) is 7.81. The van der Waals surface area contributed by atoms with E-state index in [0.717, 1.165) is 4.90 Å². The van der Waals surface area contributed by atoms with Gasteiger partial charge in [0.15, 0.2) is 6.61 Å². The van der Waals surface area contributed by atoms with Crippen LogP contribution in [0.4, 0.5) is 5.69 Å². The summed E-state index contributed by atoms with van der Waals surface area (Å²) in [6.07, 6.45) is 4.65. The van der Waals surface area contributed by atoms with Gasteiger partial charge in [0.25, 0.3) is 11.5 Å². The second-order valence-corrected chi connectivity index (χ2v) is 8.47. The highest BCUT2D eigenvalue weighted by Gasteiger charge is 2.50. The number of allylic oxidation sites excluding steroid dienone is 2. The van der Waals surface area contributed by atoms with Crippen molar-refractivity contribution in [2.45, 2.75) is 32.7 Å². The minimum atomic E-state index is -1.15. The van der Waals surface area contributed by atoms with Crippen LogP contribution in [0.25, 0.3) is 5.69 Å². The lowest BCUT2D eigenvalue weighted by molar-refractivity contribution is -0.159. The van der Waals surface area contributed by atoms with Gasteiger partial charge in [-0.25, -0.2) is 9.48 Å². The van der Waals surface area contributed by atoms with E-state index in [0.29, 0.717) is 24.2 Å². The number of carbonyl (C=O) groups is 4. The number of nitrogens with one attached hydrogen (secondary N) is 1. The molecule has 2 heterocycles. The van der Waals surface area contributed by atoms with E-state index < -0.39 is 53.7 Å². The third-order valence-corrected chi connectivity index (χ3v) is 6.43. The topological polar surface area (TPSA) is 120 Å². The zero-order valence-electron chi connectivity index (χ0n) is 19.2. The normalized spacial score (nSPS) is 20.3. The molecule has 1 aromatic carbocycles. The Morgan fingerprint density at radius 2 is 1.65 bits per heavy atom. The molecule has 3 atom stereocenters. The number of anilines is 1. The number of hydrogen-bond acceptors (Lipinski definition) is 6. The fourth-order valence-corrected chi connectivity index (χ4v) is 4.46. The zero-order valence-corrected chi connectivity index (χ0v) is 19.2. The number of aromatic nitrogens is 2. The average Bonchev–Trinajstić information content (AvgIpc) is 3.22. The standard InChI is InChI=1S/C24H26N4O6/c1-14-20(23(32)28(26(14)3)16-9-5-4-6-10-16)25-19(29)13-34-24(33)15(2)27-21(30)17-11-7-8-12-18(17)22(27)31/h4-10,15,17-18H,11-13H2,1-3H3,(H,25,29)/t15-,17-,18+/m1/s1. The Hall–Kier alpha value is -3.95. The fraction of sp³-hybridized carbons (Fsp3) is 0.375. The lowest BCUT2D eigenvalue weighted by Crippen LogP contribution is -2.45. The number of hydrogen-bond donors (Lipinski definition) is 1. The molecule has 10 nitrogen and oxygen atoms in total. The molecule has 1 aliphatic heterocycles. The SMILES string of the molecule is Cc1c(NC(=O)COC(=O)[C@@H](C)N2C(=O)[C@H]3CC=CC[C@H]3C2=O)c(=O)n(-c2ccccc2)n1C. The first-order chi connectivity index (χ1) is 16.2. The van der Waals surface area contributed by atoms with Crippen molar-refractivity contribution in [2.24, 2.45) is 18.9 Å². The smallest absolute Gasteiger partial charge is 0.329 e. The Labute approximate surface area is 195 Å². The molecule has 3 amide bonds. The third-order valence-electron chi connectivity index (χ3n) is 6.43. The van der Waals surface area contributed by atoms with Crippen LogP contribution >= 0.6 is 0 Å². The molecular formula is C24H26N4O6. The molecule has 34 heavy (non-hydrogen) atoms. The van der Waals surface area contributed by atoms with Crippen molar-refractivity contribution in [3.63, 3.8) is 0 Å². The Kier molecular flexibility index (Phi) is 6.23. The first-order valence-electron chi connectivity index (χ1n) is 11.0. The van der Waals surface area contributed by atoms with Crippen LogP contribution in [0.15, 0.2) is 47.3 Å².